The lowest BCUT2D eigenvalue weighted by atomic mass is 10.2. The Morgan fingerprint density at radius 1 is 1.21 bits per heavy atom. The topological polar surface area (TPSA) is 47.3 Å². The van der Waals surface area contributed by atoms with Crippen molar-refractivity contribution in [2.75, 3.05) is 12.4 Å². The van der Waals surface area contributed by atoms with Gasteiger partial charge in [-0.1, -0.05) is 23.8 Å². The molecule has 0 heterocycles. The van der Waals surface area contributed by atoms with Gasteiger partial charge in [-0.05, 0) is 42.5 Å². The van der Waals surface area contributed by atoms with Gasteiger partial charge in [0, 0.05) is 11.3 Å². The van der Waals surface area contributed by atoms with Crippen molar-refractivity contribution in [1.82, 2.24) is 0 Å². The molecule has 0 aliphatic carbocycles. The second-order valence-electron chi connectivity index (χ2n) is 3.91. The summed E-state index contributed by atoms with van der Waals surface area (Å²) < 4.78 is 5.10. The molecule has 3 N–H and O–H groups in total. The monoisotopic (exact) mass is 292 g/mol. The Balaban J connectivity index is 2.20. The van der Waals surface area contributed by atoms with Crippen molar-refractivity contribution in [1.29, 1.82) is 0 Å². The highest BCUT2D eigenvalue weighted by molar-refractivity contribution is 7.80. The van der Waals surface area contributed by atoms with Gasteiger partial charge in [-0.3, -0.25) is 0 Å². The van der Waals surface area contributed by atoms with E-state index in [2.05, 4.69) is 5.32 Å². The normalized spacial score (nSPS) is 10.0. The number of anilines is 2. The lowest BCUT2D eigenvalue weighted by molar-refractivity contribution is 0.415. The highest BCUT2D eigenvalue weighted by Crippen LogP contribution is 2.27. The summed E-state index contributed by atoms with van der Waals surface area (Å²) >= 11 is 11.1. The average Bonchev–Trinajstić information content (AvgIpc) is 2.41. The summed E-state index contributed by atoms with van der Waals surface area (Å²) in [4.78, 5) is 0.331. The summed E-state index contributed by atoms with van der Waals surface area (Å²) in [6, 6.07) is 13.0. The zero-order chi connectivity index (χ0) is 13.8. The van der Waals surface area contributed by atoms with Crippen LogP contribution in [0.5, 0.6) is 5.75 Å². The summed E-state index contributed by atoms with van der Waals surface area (Å²) in [7, 11) is 1.63. The molecule has 2 aromatic carbocycles. The molecule has 19 heavy (non-hydrogen) atoms. The first-order chi connectivity index (χ1) is 9.10. The van der Waals surface area contributed by atoms with Crippen molar-refractivity contribution < 1.29 is 4.74 Å². The van der Waals surface area contributed by atoms with E-state index < -0.39 is 0 Å². The predicted molar refractivity (Wildman–Crippen MR) is 83.6 cm³/mol. The van der Waals surface area contributed by atoms with Gasteiger partial charge in [-0.15, -0.1) is 0 Å². The van der Waals surface area contributed by atoms with E-state index in [1.165, 1.54) is 0 Å². The summed E-state index contributed by atoms with van der Waals surface area (Å²) in [6.45, 7) is 0. The van der Waals surface area contributed by atoms with Gasteiger partial charge < -0.3 is 15.8 Å². The average molecular weight is 293 g/mol. The standard InChI is InChI=1S/C14H13ClN2OS/c1-18-11-5-3-10(4-6-11)17-13-7-2-9(14(16)19)8-12(13)15/h2-8,17H,1H3,(H2,16,19). The van der Waals surface area contributed by atoms with Crippen molar-refractivity contribution in [3.8, 4) is 5.75 Å². The van der Waals surface area contributed by atoms with E-state index in [1.54, 1.807) is 13.2 Å². The van der Waals surface area contributed by atoms with Crippen molar-refractivity contribution in [2.45, 2.75) is 0 Å². The smallest absolute Gasteiger partial charge is 0.119 e. The molecule has 0 aliphatic rings. The molecule has 0 saturated heterocycles. The lowest BCUT2D eigenvalue weighted by Gasteiger charge is -2.10. The van der Waals surface area contributed by atoms with Crippen LogP contribution in [0.2, 0.25) is 5.02 Å². The third-order valence-electron chi connectivity index (χ3n) is 2.62. The van der Waals surface area contributed by atoms with Crippen LogP contribution in [0.25, 0.3) is 0 Å². The lowest BCUT2D eigenvalue weighted by Crippen LogP contribution is -2.09. The highest BCUT2D eigenvalue weighted by Gasteiger charge is 2.04. The Morgan fingerprint density at radius 3 is 2.42 bits per heavy atom. The van der Waals surface area contributed by atoms with Crippen LogP contribution in [-0.4, -0.2) is 12.1 Å². The van der Waals surface area contributed by atoms with E-state index in [4.69, 9.17) is 34.3 Å². The number of ether oxygens (including phenoxy) is 1. The van der Waals surface area contributed by atoms with Crippen LogP contribution < -0.4 is 15.8 Å². The first kappa shape index (κ1) is 13.6. The fraction of sp³-hybridized carbons (Fsp3) is 0.0714. The molecule has 0 atom stereocenters. The van der Waals surface area contributed by atoms with Crippen LogP contribution in [0.4, 0.5) is 11.4 Å². The molecule has 0 saturated carbocycles. The minimum absolute atomic E-state index is 0.331. The Kier molecular flexibility index (Phi) is 4.24. The number of benzene rings is 2. The van der Waals surface area contributed by atoms with Crippen LogP contribution >= 0.6 is 23.8 Å². The van der Waals surface area contributed by atoms with Gasteiger partial charge in [-0.2, -0.15) is 0 Å². The number of halogens is 1. The molecule has 98 valence electrons. The molecular formula is C14H13ClN2OS. The second-order valence-corrected chi connectivity index (χ2v) is 4.76. The summed E-state index contributed by atoms with van der Waals surface area (Å²) in [5.74, 6) is 0.806. The fourth-order valence-corrected chi connectivity index (χ4v) is 1.95. The van der Waals surface area contributed by atoms with Gasteiger partial charge >= 0.3 is 0 Å². The Labute approximate surface area is 122 Å². The molecule has 2 aromatic rings. The zero-order valence-corrected chi connectivity index (χ0v) is 11.9. The summed E-state index contributed by atoms with van der Waals surface area (Å²) in [6.07, 6.45) is 0. The second kappa shape index (κ2) is 5.91. The largest absolute Gasteiger partial charge is 0.497 e. The minimum Gasteiger partial charge on any atom is -0.497 e. The predicted octanol–water partition coefficient (Wildman–Crippen LogP) is 3.73. The Morgan fingerprint density at radius 2 is 1.89 bits per heavy atom. The molecule has 3 nitrogen and oxygen atoms in total. The van der Waals surface area contributed by atoms with Crippen LogP contribution in [0.15, 0.2) is 42.5 Å². The third kappa shape index (κ3) is 3.36. The van der Waals surface area contributed by atoms with Crippen LogP contribution in [-0.2, 0) is 0 Å². The van der Waals surface area contributed by atoms with E-state index >= 15 is 0 Å². The fourth-order valence-electron chi connectivity index (χ4n) is 1.60. The van der Waals surface area contributed by atoms with Gasteiger partial charge in [0.25, 0.3) is 0 Å². The van der Waals surface area contributed by atoms with E-state index in [1.807, 2.05) is 36.4 Å². The van der Waals surface area contributed by atoms with Crippen LogP contribution in [0.3, 0.4) is 0 Å². The summed E-state index contributed by atoms with van der Waals surface area (Å²) in [5.41, 5.74) is 8.03. The molecule has 0 bridgehead atoms. The van der Waals surface area contributed by atoms with Crippen molar-refractivity contribution in [3.05, 3.63) is 53.1 Å². The van der Waals surface area contributed by atoms with E-state index in [0.29, 0.717) is 10.0 Å². The highest BCUT2D eigenvalue weighted by atomic mass is 35.5. The number of nitrogens with two attached hydrogens (primary N) is 1. The molecule has 0 spiro atoms. The van der Waals surface area contributed by atoms with Crippen molar-refractivity contribution in [2.24, 2.45) is 5.73 Å². The number of hydrogen-bond acceptors (Lipinski definition) is 3. The maximum atomic E-state index is 6.18. The van der Waals surface area contributed by atoms with Crippen LogP contribution in [0, 0.1) is 0 Å². The number of methoxy groups -OCH3 is 1. The SMILES string of the molecule is COc1ccc(Nc2ccc(C(N)=S)cc2Cl)cc1. The zero-order valence-electron chi connectivity index (χ0n) is 10.3. The quantitative estimate of drug-likeness (QED) is 0.843. The van der Waals surface area contributed by atoms with Gasteiger partial charge in [0.1, 0.15) is 10.7 Å². The van der Waals surface area contributed by atoms with Gasteiger partial charge in [0.2, 0.25) is 0 Å². The molecule has 0 aromatic heterocycles. The van der Waals surface area contributed by atoms with E-state index in [-0.39, 0.29) is 0 Å². The Bertz CT molecular complexity index is 599. The molecule has 2 rings (SSSR count). The molecule has 0 amide bonds. The number of thiocarbonyl (C=S) groups is 1. The van der Waals surface area contributed by atoms with E-state index in [9.17, 15) is 0 Å². The maximum absolute atomic E-state index is 6.18. The molecule has 0 aliphatic heterocycles. The third-order valence-corrected chi connectivity index (χ3v) is 3.17. The minimum atomic E-state index is 0.331. The van der Waals surface area contributed by atoms with Gasteiger partial charge in [-0.25, -0.2) is 0 Å². The van der Waals surface area contributed by atoms with Gasteiger partial charge in [0.15, 0.2) is 0 Å². The maximum Gasteiger partial charge on any atom is 0.119 e. The molecule has 0 fully saturated rings. The molecule has 0 radical (unpaired) electrons. The van der Waals surface area contributed by atoms with Crippen molar-refractivity contribution >= 4 is 40.2 Å². The van der Waals surface area contributed by atoms with E-state index in [0.717, 1.165) is 22.7 Å². The van der Waals surface area contributed by atoms with Crippen molar-refractivity contribution in [3.63, 3.8) is 0 Å². The first-order valence-corrected chi connectivity index (χ1v) is 6.39. The molecule has 5 heteroatoms. The number of hydrogen-bond donors (Lipinski definition) is 2. The Hall–Kier alpha value is -1.78. The molecular weight excluding hydrogens is 280 g/mol. The summed E-state index contributed by atoms with van der Waals surface area (Å²) in [5, 5.41) is 3.79. The first-order valence-electron chi connectivity index (χ1n) is 5.60. The molecule has 0 unspecified atom stereocenters. The van der Waals surface area contributed by atoms with Gasteiger partial charge in [0.05, 0.1) is 17.8 Å². The number of nitrogens with one attached hydrogen (secondary N) is 1. The van der Waals surface area contributed by atoms with Crippen LogP contribution in [0.1, 0.15) is 5.56 Å². The number of rotatable bonds is 4.